The monoisotopic (exact) mass is 254 g/mol. The van der Waals surface area contributed by atoms with Crippen LogP contribution in [0.2, 0.25) is 0 Å². The molecule has 0 spiro atoms. The molecule has 0 unspecified atom stereocenters. The van der Waals surface area contributed by atoms with Crippen molar-refractivity contribution < 1.29 is 0 Å². The van der Waals surface area contributed by atoms with Crippen molar-refractivity contribution in [1.82, 2.24) is 9.97 Å². The van der Waals surface area contributed by atoms with Crippen molar-refractivity contribution in [3.8, 4) is 0 Å². The molecule has 1 fully saturated rings. The molecular weight excluding hydrogens is 236 g/mol. The van der Waals surface area contributed by atoms with Crippen molar-refractivity contribution in [3.63, 3.8) is 0 Å². The summed E-state index contributed by atoms with van der Waals surface area (Å²) in [6, 6.07) is 12.1. The summed E-state index contributed by atoms with van der Waals surface area (Å²) >= 11 is 0. The third-order valence-electron chi connectivity index (χ3n) is 3.28. The van der Waals surface area contributed by atoms with Crippen LogP contribution in [0.3, 0.4) is 0 Å². The van der Waals surface area contributed by atoms with Crippen LogP contribution in [-0.4, -0.2) is 23.1 Å². The van der Waals surface area contributed by atoms with E-state index in [0.29, 0.717) is 0 Å². The first-order chi connectivity index (χ1) is 9.31. The smallest absolute Gasteiger partial charge is 0.227 e. The van der Waals surface area contributed by atoms with Gasteiger partial charge >= 0.3 is 0 Å². The van der Waals surface area contributed by atoms with Crippen molar-refractivity contribution in [1.29, 1.82) is 0 Å². The third-order valence-corrected chi connectivity index (χ3v) is 3.28. The number of rotatable bonds is 3. The largest absolute Gasteiger partial charge is 0.341 e. The molecule has 0 atom stereocenters. The summed E-state index contributed by atoms with van der Waals surface area (Å²) in [5.41, 5.74) is 2.04. The predicted octanol–water partition coefficient (Wildman–Crippen LogP) is 3.13. The summed E-state index contributed by atoms with van der Waals surface area (Å²) in [7, 11) is 0. The van der Waals surface area contributed by atoms with Crippen LogP contribution in [0, 0.1) is 6.92 Å². The first kappa shape index (κ1) is 12.0. The number of nitrogens with one attached hydrogen (secondary N) is 1. The molecule has 1 saturated heterocycles. The molecular formula is C15H18N4. The minimum atomic E-state index is 0.843. The van der Waals surface area contributed by atoms with Crippen LogP contribution in [0.15, 0.2) is 36.4 Å². The van der Waals surface area contributed by atoms with Gasteiger partial charge in [-0.25, -0.2) is 4.98 Å². The summed E-state index contributed by atoms with van der Waals surface area (Å²) in [6.07, 6.45) is 2.47. The molecule has 4 heteroatoms. The molecule has 0 aliphatic carbocycles. The van der Waals surface area contributed by atoms with Gasteiger partial charge in [-0.15, -0.1) is 0 Å². The average Bonchev–Trinajstić information content (AvgIpc) is 2.93. The van der Waals surface area contributed by atoms with Gasteiger partial charge in [-0.3, -0.25) is 0 Å². The van der Waals surface area contributed by atoms with Gasteiger partial charge in [0.2, 0.25) is 5.95 Å². The van der Waals surface area contributed by atoms with E-state index in [-0.39, 0.29) is 0 Å². The first-order valence-electron chi connectivity index (χ1n) is 6.74. The molecule has 4 nitrogen and oxygen atoms in total. The molecule has 2 heterocycles. The average molecular weight is 254 g/mol. The molecule has 0 bridgehead atoms. The van der Waals surface area contributed by atoms with Crippen molar-refractivity contribution in [2.24, 2.45) is 0 Å². The second-order valence-electron chi connectivity index (χ2n) is 4.88. The highest BCUT2D eigenvalue weighted by atomic mass is 15.3. The molecule has 0 radical (unpaired) electrons. The van der Waals surface area contributed by atoms with Crippen molar-refractivity contribution in [3.05, 3.63) is 42.1 Å². The molecule has 0 amide bonds. The number of aryl methyl sites for hydroxylation is 1. The summed E-state index contributed by atoms with van der Waals surface area (Å²) in [5.74, 6) is 1.71. The second kappa shape index (κ2) is 5.26. The lowest BCUT2D eigenvalue weighted by Gasteiger charge is -2.16. The van der Waals surface area contributed by atoms with Gasteiger partial charge in [-0.2, -0.15) is 4.98 Å². The zero-order chi connectivity index (χ0) is 13.1. The highest BCUT2D eigenvalue weighted by Gasteiger charge is 2.15. The van der Waals surface area contributed by atoms with Crippen LogP contribution in [0.4, 0.5) is 17.5 Å². The number of para-hydroxylation sites is 1. The van der Waals surface area contributed by atoms with E-state index in [2.05, 4.69) is 20.2 Å². The minimum absolute atomic E-state index is 0.843. The number of hydrogen-bond acceptors (Lipinski definition) is 4. The molecule has 2 aromatic rings. The van der Waals surface area contributed by atoms with E-state index in [1.165, 1.54) is 12.8 Å². The van der Waals surface area contributed by atoms with Gasteiger partial charge in [-0.1, -0.05) is 18.2 Å². The van der Waals surface area contributed by atoms with Gasteiger partial charge in [0.1, 0.15) is 5.82 Å². The van der Waals surface area contributed by atoms with Crippen LogP contribution in [-0.2, 0) is 0 Å². The van der Waals surface area contributed by atoms with Crippen LogP contribution in [0.25, 0.3) is 0 Å². The van der Waals surface area contributed by atoms with Gasteiger partial charge < -0.3 is 10.2 Å². The van der Waals surface area contributed by atoms with E-state index in [4.69, 9.17) is 0 Å². The fourth-order valence-corrected chi connectivity index (χ4v) is 2.34. The molecule has 1 aromatic heterocycles. The number of nitrogens with zero attached hydrogens (tertiary/aromatic N) is 3. The van der Waals surface area contributed by atoms with Gasteiger partial charge in [0.25, 0.3) is 0 Å². The number of benzene rings is 1. The zero-order valence-corrected chi connectivity index (χ0v) is 11.1. The van der Waals surface area contributed by atoms with E-state index in [0.717, 1.165) is 36.2 Å². The Hall–Kier alpha value is -2.10. The Labute approximate surface area is 113 Å². The maximum absolute atomic E-state index is 4.61. The van der Waals surface area contributed by atoms with Crippen LogP contribution in [0.1, 0.15) is 18.5 Å². The lowest BCUT2D eigenvalue weighted by atomic mass is 10.3. The van der Waals surface area contributed by atoms with Gasteiger partial charge in [0.15, 0.2) is 0 Å². The molecule has 1 aliphatic heterocycles. The number of hydrogen-bond donors (Lipinski definition) is 1. The zero-order valence-electron chi connectivity index (χ0n) is 11.1. The Morgan fingerprint density at radius 3 is 2.53 bits per heavy atom. The lowest BCUT2D eigenvalue weighted by molar-refractivity contribution is 0.891. The quantitative estimate of drug-likeness (QED) is 0.913. The molecule has 1 N–H and O–H groups in total. The fourth-order valence-electron chi connectivity index (χ4n) is 2.34. The van der Waals surface area contributed by atoms with Gasteiger partial charge in [0, 0.05) is 30.5 Å². The van der Waals surface area contributed by atoms with Crippen LogP contribution in [0.5, 0.6) is 0 Å². The molecule has 1 aliphatic rings. The van der Waals surface area contributed by atoms with E-state index in [1.807, 2.05) is 43.3 Å². The summed E-state index contributed by atoms with van der Waals surface area (Å²) in [5, 5.41) is 3.33. The van der Waals surface area contributed by atoms with Crippen molar-refractivity contribution in [2.75, 3.05) is 23.3 Å². The number of aromatic nitrogens is 2. The van der Waals surface area contributed by atoms with Crippen molar-refractivity contribution in [2.45, 2.75) is 19.8 Å². The van der Waals surface area contributed by atoms with Crippen LogP contribution < -0.4 is 10.2 Å². The Kier molecular flexibility index (Phi) is 3.31. The minimum Gasteiger partial charge on any atom is -0.341 e. The molecule has 0 saturated carbocycles. The highest BCUT2D eigenvalue weighted by molar-refractivity contribution is 5.57. The lowest BCUT2D eigenvalue weighted by Crippen LogP contribution is -2.21. The highest BCUT2D eigenvalue weighted by Crippen LogP contribution is 2.20. The normalized spacial score (nSPS) is 14.7. The Morgan fingerprint density at radius 1 is 1.05 bits per heavy atom. The summed E-state index contributed by atoms with van der Waals surface area (Å²) < 4.78 is 0. The van der Waals surface area contributed by atoms with Gasteiger partial charge in [-0.05, 0) is 31.9 Å². The van der Waals surface area contributed by atoms with Crippen LogP contribution >= 0.6 is 0 Å². The topological polar surface area (TPSA) is 41.1 Å². The summed E-state index contributed by atoms with van der Waals surface area (Å²) in [6.45, 7) is 4.14. The fraction of sp³-hybridized carbons (Fsp3) is 0.333. The molecule has 3 rings (SSSR count). The Bertz CT molecular complexity index is 547. The molecule has 19 heavy (non-hydrogen) atoms. The SMILES string of the molecule is Cc1cc(Nc2ccccc2)nc(N2CCCC2)n1. The predicted molar refractivity (Wildman–Crippen MR) is 77.9 cm³/mol. The Balaban J connectivity index is 1.85. The molecule has 1 aromatic carbocycles. The number of anilines is 3. The molecule has 98 valence electrons. The standard InChI is InChI=1S/C15H18N4/c1-12-11-14(17-13-7-3-2-4-8-13)18-15(16-12)19-9-5-6-10-19/h2-4,7-8,11H,5-6,9-10H2,1H3,(H,16,17,18). The van der Waals surface area contributed by atoms with E-state index in [1.54, 1.807) is 0 Å². The van der Waals surface area contributed by atoms with E-state index >= 15 is 0 Å². The maximum Gasteiger partial charge on any atom is 0.227 e. The maximum atomic E-state index is 4.61. The van der Waals surface area contributed by atoms with E-state index < -0.39 is 0 Å². The van der Waals surface area contributed by atoms with E-state index in [9.17, 15) is 0 Å². The van der Waals surface area contributed by atoms with Gasteiger partial charge in [0.05, 0.1) is 0 Å². The summed E-state index contributed by atoms with van der Waals surface area (Å²) in [4.78, 5) is 11.4. The third kappa shape index (κ3) is 2.84. The van der Waals surface area contributed by atoms with Crippen molar-refractivity contribution >= 4 is 17.5 Å². The Morgan fingerprint density at radius 2 is 1.79 bits per heavy atom. The first-order valence-corrected chi connectivity index (χ1v) is 6.74. The second-order valence-corrected chi connectivity index (χ2v) is 4.88.